The van der Waals surface area contributed by atoms with Gasteiger partial charge in [0, 0.05) is 18.3 Å². The molecule has 1 fully saturated rings. The summed E-state index contributed by atoms with van der Waals surface area (Å²) >= 11 is 1.93. The second-order valence-electron chi connectivity index (χ2n) is 3.85. The number of likely N-dealkylation sites (tertiary alicyclic amines) is 1. The van der Waals surface area contributed by atoms with E-state index in [1.165, 1.54) is 18.7 Å². The van der Waals surface area contributed by atoms with Gasteiger partial charge >= 0.3 is 0 Å². The van der Waals surface area contributed by atoms with Gasteiger partial charge in [-0.15, -0.1) is 0 Å². The molecule has 0 radical (unpaired) electrons. The Kier molecular flexibility index (Phi) is 3.59. The third-order valence-corrected chi connectivity index (χ3v) is 3.79. The molecule has 0 saturated carbocycles. The first-order chi connectivity index (χ1) is 7.28. The van der Waals surface area contributed by atoms with E-state index in [4.69, 9.17) is 0 Å². The number of hydrogen-bond donors (Lipinski definition) is 0. The molecule has 2 rings (SSSR count). The Hall–Kier alpha value is -0.610. The van der Waals surface area contributed by atoms with Crippen molar-refractivity contribution in [3.8, 4) is 0 Å². The summed E-state index contributed by atoms with van der Waals surface area (Å²) in [6, 6.07) is 3.24. The second-order valence-corrected chi connectivity index (χ2v) is 4.99. The zero-order chi connectivity index (χ0) is 10.7. The van der Waals surface area contributed by atoms with E-state index in [-0.39, 0.29) is 5.82 Å². The molecule has 0 amide bonds. The smallest absolute Gasteiger partial charge is 0.141 e. The summed E-state index contributed by atoms with van der Waals surface area (Å²) in [5.41, 5.74) is 0.957. The number of thioether (sulfide) groups is 1. The van der Waals surface area contributed by atoms with Crippen LogP contribution in [0.2, 0.25) is 0 Å². The van der Waals surface area contributed by atoms with Gasteiger partial charge in [-0.1, -0.05) is 0 Å². The molecule has 1 aromatic heterocycles. The SMILES string of the molecule is CSC1CCN(Cc2ccc(F)cn2)C1. The Morgan fingerprint density at radius 1 is 1.60 bits per heavy atom. The first-order valence-electron chi connectivity index (χ1n) is 5.13. The summed E-state index contributed by atoms with van der Waals surface area (Å²) in [7, 11) is 0. The largest absolute Gasteiger partial charge is 0.296 e. The number of pyridine rings is 1. The van der Waals surface area contributed by atoms with Crippen LogP contribution < -0.4 is 0 Å². The molecule has 1 aliphatic heterocycles. The van der Waals surface area contributed by atoms with E-state index in [0.29, 0.717) is 0 Å². The fraction of sp³-hybridized carbons (Fsp3) is 0.545. The van der Waals surface area contributed by atoms with Crippen LogP contribution in [0.5, 0.6) is 0 Å². The Morgan fingerprint density at radius 3 is 3.07 bits per heavy atom. The molecule has 15 heavy (non-hydrogen) atoms. The lowest BCUT2D eigenvalue weighted by molar-refractivity contribution is 0.328. The number of aromatic nitrogens is 1. The lowest BCUT2D eigenvalue weighted by Gasteiger charge is -2.14. The third kappa shape index (κ3) is 2.92. The van der Waals surface area contributed by atoms with Crippen molar-refractivity contribution in [2.45, 2.75) is 18.2 Å². The normalized spacial score (nSPS) is 22.1. The van der Waals surface area contributed by atoms with Crippen molar-refractivity contribution in [2.75, 3.05) is 19.3 Å². The van der Waals surface area contributed by atoms with Gasteiger partial charge in [-0.25, -0.2) is 4.39 Å². The highest BCUT2D eigenvalue weighted by atomic mass is 32.2. The first kappa shape index (κ1) is 10.9. The van der Waals surface area contributed by atoms with Gasteiger partial charge in [0.25, 0.3) is 0 Å². The number of halogens is 1. The van der Waals surface area contributed by atoms with Crippen molar-refractivity contribution in [1.29, 1.82) is 0 Å². The van der Waals surface area contributed by atoms with Crippen LogP contribution in [0.1, 0.15) is 12.1 Å². The predicted octanol–water partition coefficient (Wildman–Crippen LogP) is 2.16. The summed E-state index contributed by atoms with van der Waals surface area (Å²) in [4.78, 5) is 6.45. The van der Waals surface area contributed by atoms with Gasteiger partial charge in [0.15, 0.2) is 0 Å². The summed E-state index contributed by atoms with van der Waals surface area (Å²) in [6.07, 6.45) is 4.70. The zero-order valence-electron chi connectivity index (χ0n) is 8.82. The van der Waals surface area contributed by atoms with Gasteiger partial charge in [0.05, 0.1) is 11.9 Å². The first-order valence-corrected chi connectivity index (χ1v) is 6.42. The third-order valence-electron chi connectivity index (χ3n) is 2.74. The molecular formula is C11H15FN2S. The Balaban J connectivity index is 1.90. The summed E-state index contributed by atoms with van der Waals surface area (Å²) in [6.45, 7) is 3.10. The Labute approximate surface area is 93.9 Å². The number of rotatable bonds is 3. The quantitative estimate of drug-likeness (QED) is 0.785. The summed E-state index contributed by atoms with van der Waals surface area (Å²) < 4.78 is 12.6. The average molecular weight is 226 g/mol. The van der Waals surface area contributed by atoms with Crippen LogP contribution in [0.25, 0.3) is 0 Å². The highest BCUT2D eigenvalue weighted by Gasteiger charge is 2.21. The highest BCUT2D eigenvalue weighted by molar-refractivity contribution is 7.99. The monoisotopic (exact) mass is 226 g/mol. The molecular weight excluding hydrogens is 211 g/mol. The van der Waals surface area contributed by atoms with Crippen molar-refractivity contribution in [2.24, 2.45) is 0 Å². The lowest BCUT2D eigenvalue weighted by atomic mass is 10.3. The number of hydrogen-bond acceptors (Lipinski definition) is 3. The van der Waals surface area contributed by atoms with Crippen molar-refractivity contribution in [3.63, 3.8) is 0 Å². The van der Waals surface area contributed by atoms with Gasteiger partial charge in [0.1, 0.15) is 5.82 Å². The van der Waals surface area contributed by atoms with Crippen LogP contribution in [0.4, 0.5) is 4.39 Å². The molecule has 1 aliphatic rings. The van der Waals surface area contributed by atoms with Crippen LogP contribution in [0, 0.1) is 5.82 Å². The summed E-state index contributed by atoms with van der Waals surface area (Å²) in [5.74, 6) is -0.262. The molecule has 1 unspecified atom stereocenters. The van der Waals surface area contributed by atoms with Gasteiger partial charge in [-0.3, -0.25) is 9.88 Å². The van der Waals surface area contributed by atoms with Crippen LogP contribution in [0.3, 0.4) is 0 Å². The van der Waals surface area contributed by atoms with Crippen LogP contribution in [-0.4, -0.2) is 34.5 Å². The maximum absolute atomic E-state index is 12.6. The Bertz CT molecular complexity index is 315. The summed E-state index contributed by atoms with van der Waals surface area (Å²) in [5, 5.41) is 0.755. The van der Waals surface area contributed by atoms with Crippen LogP contribution in [-0.2, 0) is 6.54 Å². The molecule has 0 bridgehead atoms. The fourth-order valence-corrected chi connectivity index (χ4v) is 2.56. The molecule has 0 spiro atoms. The van der Waals surface area contributed by atoms with E-state index >= 15 is 0 Å². The van der Waals surface area contributed by atoms with Gasteiger partial charge in [0.2, 0.25) is 0 Å². The molecule has 2 heterocycles. The fourth-order valence-electron chi connectivity index (χ4n) is 1.86. The standard InChI is InChI=1S/C11H15FN2S/c1-15-11-4-5-14(8-11)7-10-3-2-9(12)6-13-10/h2-3,6,11H,4-5,7-8H2,1H3. The minimum atomic E-state index is -0.262. The van der Waals surface area contributed by atoms with E-state index in [1.807, 2.05) is 11.8 Å². The van der Waals surface area contributed by atoms with E-state index in [9.17, 15) is 4.39 Å². The van der Waals surface area contributed by atoms with Crippen LogP contribution in [0.15, 0.2) is 18.3 Å². The molecule has 0 aliphatic carbocycles. The molecule has 2 nitrogen and oxygen atoms in total. The minimum absolute atomic E-state index is 0.262. The van der Waals surface area contributed by atoms with Gasteiger partial charge < -0.3 is 0 Å². The molecule has 4 heteroatoms. The average Bonchev–Trinajstić information content (AvgIpc) is 2.69. The van der Waals surface area contributed by atoms with Crippen LogP contribution >= 0.6 is 11.8 Å². The minimum Gasteiger partial charge on any atom is -0.296 e. The number of nitrogens with zero attached hydrogens (tertiary/aromatic N) is 2. The molecule has 0 aromatic carbocycles. The zero-order valence-corrected chi connectivity index (χ0v) is 9.63. The van der Waals surface area contributed by atoms with E-state index in [1.54, 1.807) is 6.07 Å². The molecule has 1 atom stereocenters. The molecule has 82 valence electrons. The van der Waals surface area contributed by atoms with Gasteiger partial charge in [-0.2, -0.15) is 11.8 Å². The highest BCUT2D eigenvalue weighted by Crippen LogP contribution is 2.21. The van der Waals surface area contributed by atoms with Crippen molar-refractivity contribution in [3.05, 3.63) is 29.8 Å². The van der Waals surface area contributed by atoms with Crippen molar-refractivity contribution < 1.29 is 4.39 Å². The maximum atomic E-state index is 12.6. The van der Waals surface area contributed by atoms with Crippen molar-refractivity contribution in [1.82, 2.24) is 9.88 Å². The topological polar surface area (TPSA) is 16.1 Å². The van der Waals surface area contributed by atoms with E-state index < -0.39 is 0 Å². The Morgan fingerprint density at radius 2 is 2.47 bits per heavy atom. The molecule has 1 aromatic rings. The maximum Gasteiger partial charge on any atom is 0.141 e. The second kappa shape index (κ2) is 4.94. The van der Waals surface area contributed by atoms with Crippen molar-refractivity contribution >= 4 is 11.8 Å². The lowest BCUT2D eigenvalue weighted by Crippen LogP contribution is -2.21. The van der Waals surface area contributed by atoms with E-state index in [0.717, 1.165) is 30.6 Å². The molecule has 1 saturated heterocycles. The van der Waals surface area contributed by atoms with Gasteiger partial charge in [-0.05, 0) is 31.4 Å². The molecule has 0 N–H and O–H groups in total. The predicted molar refractivity (Wildman–Crippen MR) is 61.4 cm³/mol. The van der Waals surface area contributed by atoms with E-state index in [2.05, 4.69) is 16.1 Å².